The van der Waals surface area contributed by atoms with Crippen molar-refractivity contribution >= 4 is 27.6 Å². The second kappa shape index (κ2) is 4.42. The fourth-order valence-electron chi connectivity index (χ4n) is 1.03. The van der Waals surface area contributed by atoms with Crippen LogP contribution in [-0.4, -0.2) is 18.2 Å². The van der Waals surface area contributed by atoms with Crippen LogP contribution < -0.4 is 5.73 Å². The van der Waals surface area contributed by atoms with Crippen molar-refractivity contribution in [3.63, 3.8) is 0 Å². The number of anilines is 1. The summed E-state index contributed by atoms with van der Waals surface area (Å²) < 4.78 is 30.6. The van der Waals surface area contributed by atoms with Crippen molar-refractivity contribution in [1.29, 1.82) is 0 Å². The van der Waals surface area contributed by atoms with Crippen molar-refractivity contribution in [3.05, 3.63) is 18.2 Å². The van der Waals surface area contributed by atoms with E-state index in [4.69, 9.17) is 10.3 Å². The maximum absolute atomic E-state index is 10.9. The van der Waals surface area contributed by atoms with Crippen LogP contribution in [0.25, 0.3) is 0 Å². The van der Waals surface area contributed by atoms with Gasteiger partial charge in [-0.05, 0) is 18.2 Å². The Bertz CT molecular complexity index is 454. The Kier molecular flexibility index (Phi) is 3.64. The quantitative estimate of drug-likeness (QED) is 0.485. The molecule has 0 aliphatic rings. The molecule has 0 heterocycles. The number of nitrogens with two attached hydrogens (primary N) is 1. The average molecular weight is 247 g/mol. The van der Waals surface area contributed by atoms with Crippen LogP contribution in [0.1, 0.15) is 13.8 Å². The van der Waals surface area contributed by atoms with E-state index in [2.05, 4.69) is 0 Å². The largest absolute Gasteiger partial charge is 0.398 e. The first kappa shape index (κ1) is 12.4. The number of nitrogen functional groups attached to an aromatic ring is 1. The number of hydrogen-bond donors (Lipinski definition) is 2. The molecular weight excluding hydrogens is 234 g/mol. The molecule has 1 rings (SSSR count). The Morgan fingerprint density at radius 1 is 1.40 bits per heavy atom. The molecule has 0 aliphatic carbocycles. The van der Waals surface area contributed by atoms with Gasteiger partial charge in [0.2, 0.25) is 0 Å². The lowest BCUT2D eigenvalue weighted by molar-refractivity contribution is 0.483. The lowest BCUT2D eigenvalue weighted by Crippen LogP contribution is -2.00. The molecule has 0 aromatic heterocycles. The third kappa shape index (κ3) is 3.40. The molecule has 1 aromatic carbocycles. The molecule has 0 saturated heterocycles. The fourth-order valence-corrected chi connectivity index (χ4v) is 2.52. The van der Waals surface area contributed by atoms with E-state index in [1.807, 2.05) is 13.8 Å². The molecule has 0 fully saturated rings. The van der Waals surface area contributed by atoms with E-state index in [1.54, 1.807) is 0 Å². The Morgan fingerprint density at radius 2 is 2.00 bits per heavy atom. The second-order valence-corrected chi connectivity index (χ2v) is 6.38. The third-order valence-electron chi connectivity index (χ3n) is 1.65. The van der Waals surface area contributed by atoms with E-state index in [-0.39, 0.29) is 4.90 Å². The van der Waals surface area contributed by atoms with Crippen LogP contribution in [0.3, 0.4) is 0 Å². The summed E-state index contributed by atoms with van der Waals surface area (Å²) in [5, 5.41) is 0.295. The minimum atomic E-state index is -4.15. The summed E-state index contributed by atoms with van der Waals surface area (Å²) in [5.41, 5.74) is 6.20. The van der Waals surface area contributed by atoms with Crippen LogP contribution in [0.5, 0.6) is 0 Å². The summed E-state index contributed by atoms with van der Waals surface area (Å²) in [4.78, 5) is 0.542. The Labute approximate surface area is 93.6 Å². The van der Waals surface area contributed by atoms with Crippen LogP contribution in [0.2, 0.25) is 0 Å². The van der Waals surface area contributed by atoms with Gasteiger partial charge in [0, 0.05) is 15.8 Å². The molecule has 15 heavy (non-hydrogen) atoms. The van der Waals surface area contributed by atoms with Gasteiger partial charge < -0.3 is 5.73 Å². The van der Waals surface area contributed by atoms with E-state index in [0.717, 1.165) is 0 Å². The first-order chi connectivity index (χ1) is 6.80. The molecule has 0 aliphatic heterocycles. The molecule has 0 radical (unpaired) electrons. The number of thioether (sulfide) groups is 1. The van der Waals surface area contributed by atoms with Crippen molar-refractivity contribution in [2.75, 3.05) is 5.73 Å². The van der Waals surface area contributed by atoms with Crippen molar-refractivity contribution in [2.45, 2.75) is 28.9 Å². The summed E-state index contributed by atoms with van der Waals surface area (Å²) in [6, 6.07) is 4.15. The van der Waals surface area contributed by atoms with Gasteiger partial charge in [-0.2, -0.15) is 8.42 Å². The van der Waals surface area contributed by atoms with Crippen molar-refractivity contribution in [2.24, 2.45) is 0 Å². The molecular formula is C9H13NO3S2. The summed E-state index contributed by atoms with van der Waals surface area (Å²) in [5.74, 6) is 0. The fraction of sp³-hybridized carbons (Fsp3) is 0.333. The third-order valence-corrected chi connectivity index (χ3v) is 3.57. The topological polar surface area (TPSA) is 80.4 Å². The van der Waals surface area contributed by atoms with E-state index >= 15 is 0 Å². The molecule has 0 atom stereocenters. The van der Waals surface area contributed by atoms with Crippen LogP contribution in [0, 0.1) is 0 Å². The highest BCUT2D eigenvalue weighted by Crippen LogP contribution is 2.30. The predicted molar refractivity (Wildman–Crippen MR) is 61.7 cm³/mol. The monoisotopic (exact) mass is 247 g/mol. The zero-order chi connectivity index (χ0) is 11.6. The van der Waals surface area contributed by atoms with E-state index < -0.39 is 10.1 Å². The molecule has 0 saturated carbocycles. The number of benzene rings is 1. The minimum absolute atomic E-state index is 0.125. The van der Waals surface area contributed by atoms with Crippen LogP contribution in [0.4, 0.5) is 5.69 Å². The molecule has 0 bridgehead atoms. The SMILES string of the molecule is CC(C)Sc1cc(S(=O)(=O)O)ccc1N. The van der Waals surface area contributed by atoms with Gasteiger partial charge >= 0.3 is 0 Å². The lowest BCUT2D eigenvalue weighted by atomic mass is 10.3. The number of hydrogen-bond acceptors (Lipinski definition) is 4. The van der Waals surface area contributed by atoms with Crippen LogP contribution >= 0.6 is 11.8 Å². The van der Waals surface area contributed by atoms with Crippen molar-refractivity contribution in [1.82, 2.24) is 0 Å². The zero-order valence-corrected chi connectivity index (χ0v) is 10.1. The summed E-state index contributed by atoms with van der Waals surface area (Å²) >= 11 is 1.45. The molecule has 6 heteroatoms. The smallest absolute Gasteiger partial charge is 0.294 e. The van der Waals surface area contributed by atoms with E-state index in [9.17, 15) is 8.42 Å². The first-order valence-electron chi connectivity index (χ1n) is 4.34. The van der Waals surface area contributed by atoms with Crippen LogP contribution in [0.15, 0.2) is 28.0 Å². The van der Waals surface area contributed by atoms with Gasteiger partial charge in [0.1, 0.15) is 0 Å². The first-order valence-corrected chi connectivity index (χ1v) is 6.66. The maximum atomic E-state index is 10.9. The van der Waals surface area contributed by atoms with Gasteiger partial charge in [-0.1, -0.05) is 13.8 Å². The molecule has 3 N–H and O–H groups in total. The molecule has 0 unspecified atom stereocenters. The van der Waals surface area contributed by atoms with E-state index in [0.29, 0.717) is 15.8 Å². The summed E-state index contributed by atoms with van der Waals surface area (Å²) in [6.07, 6.45) is 0. The predicted octanol–water partition coefficient (Wildman–Crippen LogP) is 2.02. The Morgan fingerprint density at radius 3 is 2.47 bits per heavy atom. The minimum Gasteiger partial charge on any atom is -0.398 e. The van der Waals surface area contributed by atoms with Gasteiger partial charge in [-0.3, -0.25) is 4.55 Å². The van der Waals surface area contributed by atoms with Gasteiger partial charge in [-0.25, -0.2) is 0 Å². The molecule has 0 amide bonds. The van der Waals surface area contributed by atoms with E-state index in [1.165, 1.54) is 30.0 Å². The standard InChI is InChI=1S/C9H13NO3S2/c1-6(2)14-9-5-7(15(11,12)13)3-4-8(9)10/h3-6H,10H2,1-2H3,(H,11,12,13). The summed E-state index contributed by atoms with van der Waals surface area (Å²) in [7, 11) is -4.15. The van der Waals surface area contributed by atoms with Gasteiger partial charge in [0.25, 0.3) is 10.1 Å². The van der Waals surface area contributed by atoms with Gasteiger partial charge in [0.15, 0.2) is 0 Å². The molecule has 0 spiro atoms. The average Bonchev–Trinajstić information content (AvgIpc) is 2.06. The highest BCUT2D eigenvalue weighted by Gasteiger charge is 2.12. The van der Waals surface area contributed by atoms with Gasteiger partial charge in [-0.15, -0.1) is 11.8 Å². The Balaban J connectivity index is 3.17. The molecule has 4 nitrogen and oxygen atoms in total. The number of rotatable bonds is 3. The Hall–Kier alpha value is -0.720. The molecule has 84 valence electrons. The highest BCUT2D eigenvalue weighted by molar-refractivity contribution is 8.00. The second-order valence-electron chi connectivity index (χ2n) is 3.34. The summed E-state index contributed by atoms with van der Waals surface area (Å²) in [6.45, 7) is 3.95. The van der Waals surface area contributed by atoms with Crippen molar-refractivity contribution in [3.8, 4) is 0 Å². The van der Waals surface area contributed by atoms with Crippen molar-refractivity contribution < 1.29 is 13.0 Å². The normalized spacial score (nSPS) is 12.0. The van der Waals surface area contributed by atoms with Crippen LogP contribution in [-0.2, 0) is 10.1 Å². The maximum Gasteiger partial charge on any atom is 0.294 e. The molecule has 1 aromatic rings. The van der Waals surface area contributed by atoms with Gasteiger partial charge in [0.05, 0.1) is 4.90 Å². The highest BCUT2D eigenvalue weighted by atomic mass is 32.2. The zero-order valence-electron chi connectivity index (χ0n) is 8.47. The lowest BCUT2D eigenvalue weighted by Gasteiger charge is -2.09.